The molecule has 128 valence electrons. The maximum atomic E-state index is 12.4. The molecule has 6 nitrogen and oxygen atoms in total. The van der Waals surface area contributed by atoms with E-state index >= 15 is 0 Å². The van der Waals surface area contributed by atoms with Crippen LogP contribution in [0.25, 0.3) is 0 Å². The van der Waals surface area contributed by atoms with E-state index in [2.05, 4.69) is 4.98 Å². The van der Waals surface area contributed by atoms with Crippen LogP contribution < -0.4 is 4.74 Å². The van der Waals surface area contributed by atoms with Crippen LogP contribution in [0.5, 0.6) is 5.88 Å². The predicted molar refractivity (Wildman–Crippen MR) is 88.0 cm³/mol. The van der Waals surface area contributed by atoms with Gasteiger partial charge >= 0.3 is 0 Å². The zero-order valence-electron chi connectivity index (χ0n) is 14.1. The van der Waals surface area contributed by atoms with Gasteiger partial charge in [-0.2, -0.15) is 0 Å². The molecule has 0 bridgehead atoms. The number of aryl methyl sites for hydroxylation is 1. The van der Waals surface area contributed by atoms with E-state index in [1.165, 1.54) is 7.11 Å². The number of aromatic nitrogens is 1. The van der Waals surface area contributed by atoms with E-state index in [1.807, 2.05) is 13.8 Å². The Bertz CT molecular complexity index is 698. The minimum Gasteiger partial charge on any atom is -0.481 e. The van der Waals surface area contributed by atoms with Gasteiger partial charge in [-0.3, -0.25) is 4.79 Å². The lowest BCUT2D eigenvalue weighted by Crippen LogP contribution is -2.45. The third-order valence-corrected chi connectivity index (χ3v) is 5.74. The summed E-state index contributed by atoms with van der Waals surface area (Å²) in [7, 11) is -2.03. The van der Waals surface area contributed by atoms with Crippen LogP contribution in [-0.2, 0) is 20.4 Å². The summed E-state index contributed by atoms with van der Waals surface area (Å²) >= 11 is 0. The molecule has 0 saturated carbocycles. The molecule has 0 aliphatic carbocycles. The lowest BCUT2D eigenvalue weighted by atomic mass is 10.0. The Hall–Kier alpha value is -1.63. The first-order chi connectivity index (χ1) is 10.6. The number of rotatable bonds is 5. The molecule has 0 spiro atoms. The third kappa shape index (κ3) is 4.22. The number of carbonyl (C=O) groups is 1. The molecule has 1 amide bonds. The number of likely N-dealkylation sites (tertiary alicyclic amines) is 1. The molecule has 0 N–H and O–H groups in total. The fourth-order valence-electron chi connectivity index (χ4n) is 2.96. The van der Waals surface area contributed by atoms with E-state index in [9.17, 15) is 13.2 Å². The fourth-order valence-corrected chi connectivity index (χ4v) is 4.37. The van der Waals surface area contributed by atoms with Gasteiger partial charge in [0.05, 0.1) is 12.9 Å². The molecule has 0 radical (unpaired) electrons. The molecular weight excluding hydrogens is 316 g/mol. The normalized spacial score (nSPS) is 17.3. The highest BCUT2D eigenvalue weighted by atomic mass is 32.2. The van der Waals surface area contributed by atoms with Crippen molar-refractivity contribution in [2.75, 3.05) is 19.4 Å². The first kappa shape index (κ1) is 17.7. The molecule has 1 aliphatic rings. The van der Waals surface area contributed by atoms with E-state index in [4.69, 9.17) is 4.74 Å². The van der Waals surface area contributed by atoms with E-state index < -0.39 is 15.6 Å². The number of nitrogens with zero attached hydrogens (tertiary/aromatic N) is 2. The quantitative estimate of drug-likeness (QED) is 0.815. The van der Waals surface area contributed by atoms with Gasteiger partial charge in [0.25, 0.3) is 0 Å². The van der Waals surface area contributed by atoms with Crippen molar-refractivity contribution in [3.63, 3.8) is 0 Å². The molecule has 1 aliphatic heterocycles. The second-order valence-corrected chi connectivity index (χ2v) is 8.66. The average Bonchev–Trinajstić information content (AvgIpc) is 2.80. The van der Waals surface area contributed by atoms with Crippen molar-refractivity contribution in [3.8, 4) is 5.88 Å². The molecule has 23 heavy (non-hydrogen) atoms. The Morgan fingerprint density at radius 3 is 2.61 bits per heavy atom. The Kier molecular flexibility index (Phi) is 4.98. The average molecular weight is 340 g/mol. The number of carbonyl (C=O) groups excluding carboxylic acids is 1. The summed E-state index contributed by atoms with van der Waals surface area (Å²) < 4.78 is 29.8. The highest BCUT2D eigenvalue weighted by molar-refractivity contribution is 7.91. The zero-order chi connectivity index (χ0) is 17.3. The molecule has 0 unspecified atom stereocenters. The Morgan fingerprint density at radius 1 is 1.39 bits per heavy atom. The summed E-state index contributed by atoms with van der Waals surface area (Å²) in [6.07, 6.45) is 1.82. The number of amides is 1. The minimum atomic E-state index is -3.54. The molecule has 1 aromatic heterocycles. The fraction of sp³-hybridized carbons (Fsp3) is 0.625. The summed E-state index contributed by atoms with van der Waals surface area (Å²) in [5.74, 6) is -0.511. The molecule has 1 saturated heterocycles. The standard InChI is InChI=1S/C16H24N2O4S/c1-12-13(6-7-14(17-12)22-4)10-23(20,21)11-15(19)18-9-5-8-16(18,2)3/h6-7H,5,8-11H2,1-4H3. The summed E-state index contributed by atoms with van der Waals surface area (Å²) in [4.78, 5) is 18.2. The molecule has 0 aromatic carbocycles. The summed E-state index contributed by atoms with van der Waals surface area (Å²) in [5.41, 5.74) is 0.936. The molecular formula is C16H24N2O4S. The van der Waals surface area contributed by atoms with Crippen LogP contribution in [0.15, 0.2) is 12.1 Å². The van der Waals surface area contributed by atoms with Crippen molar-refractivity contribution in [3.05, 3.63) is 23.4 Å². The van der Waals surface area contributed by atoms with Gasteiger partial charge in [-0.1, -0.05) is 6.07 Å². The van der Waals surface area contributed by atoms with Gasteiger partial charge in [0.2, 0.25) is 11.8 Å². The van der Waals surface area contributed by atoms with Crippen LogP contribution in [0.3, 0.4) is 0 Å². The maximum Gasteiger partial charge on any atom is 0.238 e. The third-order valence-electron chi connectivity index (χ3n) is 4.30. The predicted octanol–water partition coefficient (Wildman–Crippen LogP) is 1.71. The summed E-state index contributed by atoms with van der Waals surface area (Å²) in [6, 6.07) is 3.31. The Balaban J connectivity index is 2.09. The van der Waals surface area contributed by atoms with E-state index in [-0.39, 0.29) is 17.2 Å². The number of ether oxygens (including phenoxy) is 1. The number of pyridine rings is 1. The van der Waals surface area contributed by atoms with Gasteiger partial charge in [0.15, 0.2) is 9.84 Å². The number of hydrogen-bond donors (Lipinski definition) is 0. The van der Waals surface area contributed by atoms with Crippen molar-refractivity contribution < 1.29 is 17.9 Å². The largest absolute Gasteiger partial charge is 0.481 e. The summed E-state index contributed by atoms with van der Waals surface area (Å²) in [5, 5.41) is 0. The van der Waals surface area contributed by atoms with E-state index in [0.29, 0.717) is 23.7 Å². The smallest absolute Gasteiger partial charge is 0.238 e. The minimum absolute atomic E-state index is 0.185. The lowest BCUT2D eigenvalue weighted by Gasteiger charge is -2.31. The van der Waals surface area contributed by atoms with E-state index in [1.54, 1.807) is 24.0 Å². The molecule has 1 aromatic rings. The van der Waals surface area contributed by atoms with Crippen LogP contribution in [0, 0.1) is 6.92 Å². The number of hydrogen-bond acceptors (Lipinski definition) is 5. The maximum absolute atomic E-state index is 12.4. The zero-order valence-corrected chi connectivity index (χ0v) is 14.9. The van der Waals surface area contributed by atoms with Crippen LogP contribution >= 0.6 is 0 Å². The first-order valence-corrected chi connectivity index (χ1v) is 9.48. The number of sulfone groups is 1. The lowest BCUT2D eigenvalue weighted by molar-refractivity contribution is -0.131. The van der Waals surface area contributed by atoms with Crippen molar-refractivity contribution >= 4 is 15.7 Å². The van der Waals surface area contributed by atoms with Gasteiger partial charge < -0.3 is 9.64 Å². The molecule has 2 rings (SSSR count). The van der Waals surface area contributed by atoms with E-state index in [0.717, 1.165) is 12.8 Å². The van der Waals surface area contributed by atoms with Gasteiger partial charge in [-0.05, 0) is 39.2 Å². The van der Waals surface area contributed by atoms with Crippen LogP contribution in [0.2, 0.25) is 0 Å². The topological polar surface area (TPSA) is 76.6 Å². The van der Waals surface area contributed by atoms with Gasteiger partial charge in [0, 0.05) is 23.8 Å². The molecule has 0 atom stereocenters. The first-order valence-electron chi connectivity index (χ1n) is 7.66. The molecule has 7 heteroatoms. The van der Waals surface area contributed by atoms with Gasteiger partial charge in [0.1, 0.15) is 5.75 Å². The van der Waals surface area contributed by atoms with Crippen LogP contribution in [0.1, 0.15) is 37.9 Å². The van der Waals surface area contributed by atoms with Crippen molar-refractivity contribution in [2.45, 2.75) is 44.9 Å². The van der Waals surface area contributed by atoms with Gasteiger partial charge in [-0.15, -0.1) is 0 Å². The van der Waals surface area contributed by atoms with Crippen molar-refractivity contribution in [1.82, 2.24) is 9.88 Å². The molecule has 1 fully saturated rings. The second-order valence-electron chi connectivity index (χ2n) is 6.59. The van der Waals surface area contributed by atoms with Crippen LogP contribution in [-0.4, -0.2) is 49.2 Å². The SMILES string of the molecule is COc1ccc(CS(=O)(=O)CC(=O)N2CCCC2(C)C)c(C)n1. The molecule has 2 heterocycles. The van der Waals surface area contributed by atoms with Gasteiger partial charge in [-0.25, -0.2) is 13.4 Å². The Labute approximate surface area is 137 Å². The highest BCUT2D eigenvalue weighted by Crippen LogP contribution is 2.28. The van der Waals surface area contributed by atoms with Crippen molar-refractivity contribution in [1.29, 1.82) is 0 Å². The monoisotopic (exact) mass is 340 g/mol. The highest BCUT2D eigenvalue weighted by Gasteiger charge is 2.36. The number of methoxy groups -OCH3 is 1. The summed E-state index contributed by atoms with van der Waals surface area (Å²) in [6.45, 7) is 6.31. The van der Waals surface area contributed by atoms with Crippen LogP contribution in [0.4, 0.5) is 0 Å². The van der Waals surface area contributed by atoms with Crippen molar-refractivity contribution in [2.24, 2.45) is 0 Å². The Morgan fingerprint density at radius 2 is 2.09 bits per heavy atom. The second kappa shape index (κ2) is 6.47.